The normalized spacial score (nSPS) is 18.2. The largest absolute Gasteiger partial charge is 0.497 e. The minimum atomic E-state index is -1.44. The second-order valence-electron chi connectivity index (χ2n) is 29.0. The molecule has 2 fully saturated rings. The number of carbonyl (C=O) groups is 4. The van der Waals surface area contributed by atoms with E-state index in [-0.39, 0.29) is 19.7 Å². The first kappa shape index (κ1) is 84.5. The van der Waals surface area contributed by atoms with Gasteiger partial charge in [0.1, 0.15) is 64.3 Å². The molecule has 23 heteroatoms. The van der Waals surface area contributed by atoms with Crippen molar-refractivity contribution in [2.45, 2.75) is 211 Å². The second kappa shape index (κ2) is 41.3. The first-order chi connectivity index (χ1) is 48.9. The maximum absolute atomic E-state index is 13.6. The Balaban J connectivity index is 0.000000329. The number of aliphatic hydroxyl groups is 1. The lowest BCUT2D eigenvalue weighted by Crippen LogP contribution is -2.37. The Morgan fingerprint density at radius 1 is 0.524 bits per heavy atom. The molecule has 103 heavy (non-hydrogen) atoms. The molecule has 0 bridgehead atoms. The van der Waals surface area contributed by atoms with Crippen molar-refractivity contribution in [1.82, 2.24) is 0 Å². The molecule has 566 valence electrons. The van der Waals surface area contributed by atoms with Gasteiger partial charge in [0, 0.05) is 42.5 Å². The fourth-order valence-corrected chi connectivity index (χ4v) is 12.9. The summed E-state index contributed by atoms with van der Waals surface area (Å²) in [6.07, 6.45) is 7.32. The van der Waals surface area contributed by atoms with E-state index in [1.54, 1.807) is 101 Å². The van der Waals surface area contributed by atoms with Crippen molar-refractivity contribution in [2.24, 2.45) is 0 Å². The highest BCUT2D eigenvalue weighted by Crippen LogP contribution is 2.39. The van der Waals surface area contributed by atoms with Gasteiger partial charge in [-0.25, -0.2) is 19.2 Å². The van der Waals surface area contributed by atoms with Gasteiger partial charge in [-0.05, 0) is 182 Å². The fraction of sp³-hybridized carbons (Fsp3) is 0.525. The van der Waals surface area contributed by atoms with E-state index in [4.69, 9.17) is 75.8 Å². The fourth-order valence-electron chi connectivity index (χ4n) is 11.4. The Kier molecular flexibility index (Phi) is 33.9. The molecule has 0 saturated carbocycles. The van der Waals surface area contributed by atoms with Gasteiger partial charge in [-0.15, -0.1) is 0 Å². The monoisotopic (exact) mass is 1460 g/mol. The van der Waals surface area contributed by atoms with Crippen molar-refractivity contribution in [3.05, 3.63) is 172 Å². The number of benzene rings is 5. The molecule has 2 aliphatic rings. The van der Waals surface area contributed by atoms with E-state index in [1.807, 2.05) is 95.3 Å². The summed E-state index contributed by atoms with van der Waals surface area (Å²) in [5, 5.41) is 9.83. The molecule has 7 rings (SSSR count). The van der Waals surface area contributed by atoms with Crippen LogP contribution in [0.1, 0.15) is 138 Å². The number of methoxy groups -OCH3 is 5. The molecule has 2 unspecified atom stereocenters. The highest BCUT2D eigenvalue weighted by Gasteiger charge is 2.47. The molecule has 0 amide bonds. The molecule has 2 heterocycles. The summed E-state index contributed by atoms with van der Waals surface area (Å²) in [5.41, 5.74) is 4.02. The smallest absolute Gasteiger partial charge is 0.342 e. The molecule has 0 aliphatic carbocycles. The van der Waals surface area contributed by atoms with Crippen LogP contribution >= 0.6 is 0 Å². The van der Waals surface area contributed by atoms with Crippen LogP contribution in [-0.2, 0) is 71.6 Å². The Morgan fingerprint density at radius 2 is 0.932 bits per heavy atom. The number of hydrogen-bond acceptors (Lipinski definition) is 21. The number of ether oxygens (including phenoxy) is 16. The molecular formula is C80H112O21Si2. The molecular weight excluding hydrogens is 1350 g/mol. The van der Waals surface area contributed by atoms with E-state index in [9.17, 15) is 24.3 Å². The summed E-state index contributed by atoms with van der Waals surface area (Å²) in [5.74, 6) is -1.17. The average Bonchev–Trinajstić information content (AvgIpc) is 1.78. The molecule has 0 aromatic heterocycles. The Morgan fingerprint density at radius 3 is 1.31 bits per heavy atom. The summed E-state index contributed by atoms with van der Waals surface area (Å²) < 4.78 is 93.6. The van der Waals surface area contributed by atoms with E-state index in [1.165, 1.54) is 14.2 Å². The van der Waals surface area contributed by atoms with Crippen LogP contribution in [0.4, 0.5) is 0 Å². The van der Waals surface area contributed by atoms with Crippen LogP contribution in [-0.4, -0.2) is 168 Å². The second-order valence-corrected chi connectivity index (χ2v) is 40.2. The Labute approximate surface area is 612 Å². The third kappa shape index (κ3) is 28.9. The molecule has 2 aliphatic heterocycles. The zero-order valence-corrected chi connectivity index (χ0v) is 65.5. The van der Waals surface area contributed by atoms with Crippen molar-refractivity contribution in [3.8, 4) is 28.7 Å². The van der Waals surface area contributed by atoms with Crippen molar-refractivity contribution < 1.29 is 100 Å². The molecule has 2 saturated heterocycles. The van der Waals surface area contributed by atoms with E-state index in [0.717, 1.165) is 29.0 Å². The van der Waals surface area contributed by atoms with Crippen LogP contribution in [0.25, 0.3) is 0 Å². The average molecular weight is 1470 g/mol. The number of carbonyl (C=O) groups excluding carboxylic acids is 4. The summed E-state index contributed by atoms with van der Waals surface area (Å²) in [7, 11) is 4.95. The van der Waals surface area contributed by atoms with Crippen molar-refractivity contribution in [3.63, 3.8) is 0 Å². The lowest BCUT2D eigenvalue weighted by atomic mass is 9.96. The third-order valence-corrected chi connectivity index (χ3v) is 20.2. The predicted octanol–water partition coefficient (Wildman–Crippen LogP) is 15.4. The van der Waals surface area contributed by atoms with Gasteiger partial charge >= 0.3 is 23.9 Å². The Bertz CT molecular complexity index is 3470. The van der Waals surface area contributed by atoms with E-state index >= 15 is 0 Å². The van der Waals surface area contributed by atoms with Gasteiger partial charge in [0.25, 0.3) is 0 Å². The van der Waals surface area contributed by atoms with E-state index < -0.39 is 94.3 Å². The van der Waals surface area contributed by atoms with Crippen molar-refractivity contribution >= 4 is 40.0 Å². The number of hydrogen-bond donors (Lipinski definition) is 1. The highest BCUT2D eigenvalue weighted by atomic mass is 28.3. The van der Waals surface area contributed by atoms with Crippen molar-refractivity contribution in [1.29, 1.82) is 0 Å². The van der Waals surface area contributed by atoms with Gasteiger partial charge in [0.05, 0.1) is 76.7 Å². The van der Waals surface area contributed by atoms with E-state index in [2.05, 4.69) is 39.3 Å². The number of esters is 4. The summed E-state index contributed by atoms with van der Waals surface area (Å²) in [6.45, 7) is 25.5. The molecule has 5 aromatic rings. The summed E-state index contributed by atoms with van der Waals surface area (Å²) in [4.78, 5) is 53.6. The van der Waals surface area contributed by atoms with Gasteiger partial charge in [0.2, 0.25) is 0 Å². The quantitative estimate of drug-likeness (QED) is 0.0126. The standard InChI is InChI=1S/C44H60O11Si.C36H52O10Si/c1-31(51-29-32-21-23-35(48-5)24-22-32)15-13-19-37(53-42(45)33-16-11-10-12-17-33)41-38(54-44(2,3)55-41)20-14-18-34-27-36(49-6)28-39(52-30-47-4)40(34)43(46)50-25-26-56(7,8)9;1-25(37)14-12-18-29(44-34(38)26-15-10-9-11-16-26)33-30(45-36(2,3)46-33)19-13-17-27-22-28(41-5)23-31(43-24-40-4)32(27)35(39)42-20-21-47(6,7)8/h10-13,16-17,19,21-24,27-28,31,37-38,41H,14-15,18,20,25-26,29-30H2,1-9H3;9-12,15-16,18,22-23,25,29-30,33,37H,13-14,17,19-21,24H2,1-8H3/b19-13-;18-12-/t31-,37?,38-,41+;25-,29?,30-,33+/m00/s1. The molecule has 1 N–H and O–H groups in total. The van der Waals surface area contributed by atoms with Crippen LogP contribution < -0.4 is 23.7 Å². The van der Waals surface area contributed by atoms with Gasteiger partial charge in [-0.2, -0.15) is 0 Å². The first-order valence-electron chi connectivity index (χ1n) is 35.4. The minimum Gasteiger partial charge on any atom is -0.497 e. The number of aryl methyl sites for hydroxylation is 2. The summed E-state index contributed by atoms with van der Waals surface area (Å²) in [6, 6.07) is 34.1. The Hall–Kier alpha value is -7.43. The molecule has 21 nitrogen and oxygen atoms in total. The molecule has 0 radical (unpaired) electrons. The minimum absolute atomic E-state index is 0.0442. The third-order valence-electron chi connectivity index (χ3n) is 16.8. The SMILES string of the molecule is COCOc1cc(OC)cc(CCC[C@@H]2OC(C)(C)O[C@@H]2C(/C=C\C[C@H](C)O)OC(=O)c2ccccc2)c1C(=O)OCC[Si](C)(C)C.COCOc1cc(OC)cc(CCC[C@@H]2OC(C)(C)O[C@@H]2C(/C=C\C[C@H](C)OCc2ccc(OC)cc2)OC(=O)c2ccccc2)c1C(=O)OCC[Si](C)(C)C. The van der Waals surface area contributed by atoms with Crippen LogP contribution in [0.3, 0.4) is 0 Å². The van der Waals surface area contributed by atoms with Crippen LogP contribution in [0.15, 0.2) is 133 Å². The van der Waals surface area contributed by atoms with E-state index in [0.29, 0.717) is 122 Å². The first-order valence-corrected chi connectivity index (χ1v) is 42.8. The van der Waals surface area contributed by atoms with Crippen LogP contribution in [0.5, 0.6) is 28.7 Å². The van der Waals surface area contributed by atoms with Gasteiger partial charge in [-0.3, -0.25) is 0 Å². The lowest BCUT2D eigenvalue weighted by Gasteiger charge is -2.25. The van der Waals surface area contributed by atoms with Crippen molar-refractivity contribution in [2.75, 3.05) is 62.3 Å². The topological polar surface area (TPSA) is 236 Å². The number of aliphatic hydroxyl groups excluding tert-OH is 1. The highest BCUT2D eigenvalue weighted by molar-refractivity contribution is 6.76. The maximum Gasteiger partial charge on any atom is 0.342 e. The lowest BCUT2D eigenvalue weighted by molar-refractivity contribution is -0.153. The molecule has 5 aromatic carbocycles. The predicted molar refractivity (Wildman–Crippen MR) is 399 cm³/mol. The maximum atomic E-state index is 13.6. The van der Waals surface area contributed by atoms with Gasteiger partial charge in [-0.1, -0.05) is 100.0 Å². The molecule has 0 spiro atoms. The zero-order valence-electron chi connectivity index (χ0n) is 63.5. The van der Waals surface area contributed by atoms with Crippen LogP contribution in [0, 0.1) is 0 Å². The summed E-state index contributed by atoms with van der Waals surface area (Å²) >= 11 is 0. The number of rotatable bonds is 40. The van der Waals surface area contributed by atoms with Gasteiger partial charge in [0.15, 0.2) is 25.2 Å². The van der Waals surface area contributed by atoms with Crippen LogP contribution in [0.2, 0.25) is 51.4 Å². The zero-order chi connectivity index (χ0) is 75.3. The van der Waals surface area contributed by atoms with Gasteiger partial charge < -0.3 is 80.9 Å². The molecule has 8 atom stereocenters.